The van der Waals surface area contributed by atoms with Gasteiger partial charge < -0.3 is 15.1 Å². The van der Waals surface area contributed by atoms with Crippen LogP contribution in [0.25, 0.3) is 0 Å². The van der Waals surface area contributed by atoms with Crippen LogP contribution in [-0.4, -0.2) is 49.3 Å². The third-order valence-corrected chi connectivity index (χ3v) is 9.13. The van der Waals surface area contributed by atoms with Crippen LogP contribution in [0.15, 0.2) is 77.2 Å². The van der Waals surface area contributed by atoms with Crippen molar-refractivity contribution < 1.29 is 15.0 Å². The van der Waals surface area contributed by atoms with Crippen LogP contribution in [0.1, 0.15) is 42.0 Å². The van der Waals surface area contributed by atoms with E-state index in [0.29, 0.717) is 6.67 Å². The minimum Gasteiger partial charge on any atom is -0.507 e. The molecule has 2 aromatic rings. The molecule has 2 aromatic carbocycles. The molecule has 3 saturated carbocycles. The first-order valence-corrected chi connectivity index (χ1v) is 12.5. The largest absolute Gasteiger partial charge is 0.507 e. The summed E-state index contributed by atoms with van der Waals surface area (Å²) in [5, 5.41) is 25.2. The van der Waals surface area contributed by atoms with Gasteiger partial charge >= 0.3 is 0 Å². The number of carbonyl (C=O) groups excluding carboxylic acids is 1. The Morgan fingerprint density at radius 3 is 2.48 bits per heavy atom. The van der Waals surface area contributed by atoms with E-state index in [1.165, 1.54) is 21.6 Å². The Morgan fingerprint density at radius 1 is 1.00 bits per heavy atom. The van der Waals surface area contributed by atoms with Crippen LogP contribution in [-0.2, 0) is 10.5 Å². The lowest BCUT2D eigenvalue weighted by Crippen LogP contribution is -2.74. The summed E-state index contributed by atoms with van der Waals surface area (Å²) in [6.45, 7) is 0.445. The maximum atomic E-state index is 13.7. The van der Waals surface area contributed by atoms with E-state index < -0.39 is 6.10 Å². The summed E-state index contributed by atoms with van der Waals surface area (Å²) >= 11 is 1.84. The van der Waals surface area contributed by atoms with E-state index in [9.17, 15) is 15.0 Å². The van der Waals surface area contributed by atoms with E-state index in [1.54, 1.807) is 17.3 Å². The van der Waals surface area contributed by atoms with Gasteiger partial charge in [-0.1, -0.05) is 42.5 Å². The number of fused-ring (bicyclic) bond motifs is 3. The first kappa shape index (κ1) is 19.7. The third kappa shape index (κ3) is 2.67. The molecular formula is C26H25N3O3S. The number of hydrogen-bond acceptors (Lipinski definition) is 6. The summed E-state index contributed by atoms with van der Waals surface area (Å²) in [7, 11) is 0. The highest BCUT2D eigenvalue weighted by molar-refractivity contribution is 7.98. The SMILES string of the molecule is O=C1C2=C(O)C(O)C=CN2N([C@H]2c3ccccc3CSc3ccccc32)CN1C12CC(C1)C2. The molecule has 168 valence electrons. The van der Waals surface area contributed by atoms with Crippen molar-refractivity contribution in [2.75, 3.05) is 6.67 Å². The Labute approximate surface area is 196 Å². The Balaban J connectivity index is 1.42. The van der Waals surface area contributed by atoms with Gasteiger partial charge in [0.25, 0.3) is 5.91 Å². The maximum absolute atomic E-state index is 13.7. The molecule has 7 heteroatoms. The standard InChI is InChI=1S/C26H25N3O3S/c30-20-9-10-28-23(24(20)31)25(32)27(26-11-16(12-26)13-26)15-29(28)22-18-6-2-1-5-17(18)14-33-21-8-4-3-7-19(21)22/h1-10,16,20,22,30-31H,11-15H2/t16?,20?,22-,26?/m0/s1. The molecule has 3 heterocycles. The summed E-state index contributed by atoms with van der Waals surface area (Å²) < 4.78 is 0. The number of aliphatic hydroxyl groups is 2. The van der Waals surface area contributed by atoms with Gasteiger partial charge in [-0.3, -0.25) is 9.80 Å². The normalized spacial score (nSPS) is 32.4. The number of nitrogens with zero attached hydrogens (tertiary/aromatic N) is 3. The van der Waals surface area contributed by atoms with E-state index in [-0.39, 0.29) is 28.9 Å². The van der Waals surface area contributed by atoms with Gasteiger partial charge in [0.2, 0.25) is 0 Å². The molecule has 0 spiro atoms. The molecule has 6 nitrogen and oxygen atoms in total. The topological polar surface area (TPSA) is 67.2 Å². The summed E-state index contributed by atoms with van der Waals surface area (Å²) in [4.78, 5) is 16.8. The highest BCUT2D eigenvalue weighted by Gasteiger charge is 2.63. The van der Waals surface area contributed by atoms with Gasteiger partial charge in [0.15, 0.2) is 11.5 Å². The molecule has 2 bridgehead atoms. The van der Waals surface area contributed by atoms with Crippen molar-refractivity contribution >= 4 is 17.7 Å². The van der Waals surface area contributed by atoms with Gasteiger partial charge in [0.1, 0.15) is 6.10 Å². The lowest BCUT2D eigenvalue weighted by molar-refractivity contribution is -0.204. The average Bonchev–Trinajstić information content (AvgIpc) is 2.93. The monoisotopic (exact) mass is 459 g/mol. The minimum absolute atomic E-state index is 0.107. The predicted octanol–water partition coefficient (Wildman–Crippen LogP) is 3.91. The number of hydrazine groups is 1. The minimum atomic E-state index is -1.17. The number of rotatable bonds is 2. The molecule has 33 heavy (non-hydrogen) atoms. The van der Waals surface area contributed by atoms with Crippen LogP contribution < -0.4 is 0 Å². The van der Waals surface area contributed by atoms with E-state index in [2.05, 4.69) is 53.5 Å². The highest BCUT2D eigenvalue weighted by atomic mass is 32.2. The van der Waals surface area contributed by atoms with Crippen LogP contribution in [0.4, 0.5) is 0 Å². The molecule has 6 aliphatic rings. The molecule has 1 unspecified atom stereocenters. The first-order valence-electron chi connectivity index (χ1n) is 11.5. The molecule has 2 atom stereocenters. The van der Waals surface area contributed by atoms with E-state index in [1.807, 2.05) is 16.7 Å². The fourth-order valence-corrected chi connectivity index (χ4v) is 7.26. The fourth-order valence-electron chi connectivity index (χ4n) is 6.16. The molecule has 0 radical (unpaired) electrons. The number of amides is 1. The summed E-state index contributed by atoms with van der Waals surface area (Å²) in [6, 6.07) is 16.9. The molecule has 3 aliphatic carbocycles. The van der Waals surface area contributed by atoms with Crippen molar-refractivity contribution in [3.05, 3.63) is 89.0 Å². The van der Waals surface area contributed by atoms with Crippen molar-refractivity contribution in [1.29, 1.82) is 0 Å². The number of carbonyl (C=O) groups is 1. The Morgan fingerprint density at radius 2 is 1.73 bits per heavy atom. The van der Waals surface area contributed by atoms with Gasteiger partial charge in [-0.05, 0) is 54.0 Å². The Kier molecular flexibility index (Phi) is 4.11. The number of hydrogen-bond donors (Lipinski definition) is 2. The lowest BCUT2D eigenvalue weighted by Gasteiger charge is -2.68. The van der Waals surface area contributed by atoms with E-state index in [0.717, 1.165) is 30.9 Å². The second-order valence-corrected chi connectivity index (χ2v) is 10.8. The van der Waals surface area contributed by atoms with Crippen LogP contribution >= 0.6 is 11.8 Å². The predicted molar refractivity (Wildman–Crippen MR) is 125 cm³/mol. The molecule has 1 saturated heterocycles. The second kappa shape index (κ2) is 6.88. The van der Waals surface area contributed by atoms with Crippen LogP contribution in [0.3, 0.4) is 0 Å². The fraction of sp³-hybridized carbons (Fsp3) is 0.346. The molecule has 1 amide bonds. The van der Waals surface area contributed by atoms with Gasteiger partial charge in [0, 0.05) is 22.4 Å². The van der Waals surface area contributed by atoms with Crippen molar-refractivity contribution in [3.63, 3.8) is 0 Å². The quantitative estimate of drug-likeness (QED) is 0.710. The van der Waals surface area contributed by atoms with Gasteiger partial charge in [-0.25, -0.2) is 0 Å². The van der Waals surface area contributed by atoms with Crippen LogP contribution in [0, 0.1) is 5.92 Å². The molecule has 4 fully saturated rings. The number of benzene rings is 2. The van der Waals surface area contributed by atoms with Gasteiger partial charge in [0.05, 0.1) is 12.7 Å². The van der Waals surface area contributed by atoms with Crippen molar-refractivity contribution in [3.8, 4) is 0 Å². The Hall–Kier alpha value is -2.74. The van der Waals surface area contributed by atoms with Crippen molar-refractivity contribution in [2.24, 2.45) is 5.92 Å². The summed E-state index contributed by atoms with van der Waals surface area (Å²) in [5.74, 6) is 1.15. The zero-order valence-electron chi connectivity index (χ0n) is 18.1. The van der Waals surface area contributed by atoms with Gasteiger partial charge in [-0.2, -0.15) is 5.01 Å². The zero-order valence-corrected chi connectivity index (χ0v) is 18.9. The number of aliphatic hydroxyl groups excluding tert-OH is 2. The first-order chi connectivity index (χ1) is 16.1. The maximum Gasteiger partial charge on any atom is 0.277 e. The van der Waals surface area contributed by atoms with E-state index in [4.69, 9.17) is 0 Å². The lowest BCUT2D eigenvalue weighted by atomic mass is 9.49. The van der Waals surface area contributed by atoms with Gasteiger partial charge in [-0.15, -0.1) is 11.8 Å². The molecule has 8 rings (SSSR count). The molecule has 0 aromatic heterocycles. The average molecular weight is 460 g/mol. The highest BCUT2D eigenvalue weighted by Crippen LogP contribution is 2.61. The summed E-state index contributed by atoms with van der Waals surface area (Å²) in [6.07, 6.45) is 5.21. The summed E-state index contributed by atoms with van der Waals surface area (Å²) in [5.41, 5.74) is 3.74. The third-order valence-electron chi connectivity index (χ3n) is 8.00. The zero-order chi connectivity index (χ0) is 22.3. The Bertz CT molecular complexity index is 1180. The molecule has 2 N–H and O–H groups in total. The van der Waals surface area contributed by atoms with Crippen LogP contribution in [0.5, 0.6) is 0 Å². The van der Waals surface area contributed by atoms with Crippen molar-refractivity contribution in [2.45, 2.75) is 47.6 Å². The molecular weight excluding hydrogens is 434 g/mol. The molecule has 3 aliphatic heterocycles. The van der Waals surface area contributed by atoms with Crippen molar-refractivity contribution in [1.82, 2.24) is 14.9 Å². The van der Waals surface area contributed by atoms with E-state index >= 15 is 0 Å². The second-order valence-electron chi connectivity index (χ2n) is 9.81. The number of thioether (sulfide) groups is 1. The van der Waals surface area contributed by atoms with Crippen LogP contribution in [0.2, 0.25) is 0 Å². The smallest absolute Gasteiger partial charge is 0.277 e.